The second-order valence-electron chi connectivity index (χ2n) is 6.50. The van der Waals surface area contributed by atoms with Gasteiger partial charge < -0.3 is 10.1 Å². The fraction of sp³-hybridized carbons (Fsp3) is 0.263. The van der Waals surface area contributed by atoms with Crippen molar-refractivity contribution in [3.05, 3.63) is 61.6 Å². The van der Waals surface area contributed by atoms with Crippen LogP contribution in [0.3, 0.4) is 0 Å². The summed E-state index contributed by atoms with van der Waals surface area (Å²) in [6.45, 7) is 4.67. The minimum absolute atomic E-state index is 0.00106. The number of ether oxygens (including phenoxy) is 1. The molecule has 1 amide bonds. The fourth-order valence-electron chi connectivity index (χ4n) is 2.25. The van der Waals surface area contributed by atoms with Gasteiger partial charge in [0, 0.05) is 16.6 Å². The van der Waals surface area contributed by atoms with Gasteiger partial charge in [0.2, 0.25) is 0 Å². The largest absolute Gasteiger partial charge is 0.493 e. The predicted octanol–water partition coefficient (Wildman–Crippen LogP) is 5.56. The number of anilines is 1. The lowest BCUT2D eigenvalue weighted by Crippen LogP contribution is -2.34. The molecule has 0 aliphatic heterocycles. The van der Waals surface area contributed by atoms with Crippen molar-refractivity contribution in [3.8, 4) is 5.75 Å². The number of hydrogen-bond donors (Lipinski definition) is 2. The smallest absolute Gasteiger partial charge is 0.271 e. The molecule has 0 spiro atoms. The Morgan fingerprint density at radius 1 is 1.31 bits per heavy atom. The van der Waals surface area contributed by atoms with Gasteiger partial charge in [-0.05, 0) is 48.8 Å². The summed E-state index contributed by atoms with van der Waals surface area (Å²) in [6, 6.07) is 9.04. The Morgan fingerprint density at radius 2 is 2.03 bits per heavy atom. The van der Waals surface area contributed by atoms with Crippen LogP contribution in [0.2, 0.25) is 5.02 Å². The summed E-state index contributed by atoms with van der Waals surface area (Å²) >= 11 is 14.5. The standard InChI is InChI=1S/C19H19BrClN3O4S/c1-11(2)7-8-28-17-6-3-12(20)9-14(17)18(25)23-19(29)22-16-5-4-13(24(26)27)10-15(16)21/h3-6,9-11H,7-8H2,1-2H3,(H2,22,23,25,29). The van der Waals surface area contributed by atoms with Gasteiger partial charge in [-0.25, -0.2) is 0 Å². The van der Waals surface area contributed by atoms with E-state index < -0.39 is 10.8 Å². The van der Waals surface area contributed by atoms with E-state index in [9.17, 15) is 14.9 Å². The molecule has 0 unspecified atom stereocenters. The zero-order valence-electron chi connectivity index (χ0n) is 15.7. The quantitative estimate of drug-likeness (QED) is 0.294. The van der Waals surface area contributed by atoms with Gasteiger partial charge in [0.25, 0.3) is 11.6 Å². The van der Waals surface area contributed by atoms with Crippen LogP contribution in [0.5, 0.6) is 5.75 Å². The van der Waals surface area contributed by atoms with Crippen molar-refractivity contribution in [1.82, 2.24) is 5.32 Å². The molecule has 0 atom stereocenters. The second-order valence-corrected chi connectivity index (χ2v) is 8.23. The van der Waals surface area contributed by atoms with Gasteiger partial charge >= 0.3 is 0 Å². The third-order valence-electron chi connectivity index (χ3n) is 3.78. The highest BCUT2D eigenvalue weighted by molar-refractivity contribution is 9.10. The number of carbonyl (C=O) groups excluding carboxylic acids is 1. The molecule has 29 heavy (non-hydrogen) atoms. The molecule has 0 radical (unpaired) electrons. The lowest BCUT2D eigenvalue weighted by Gasteiger charge is -2.14. The lowest BCUT2D eigenvalue weighted by atomic mass is 10.1. The van der Waals surface area contributed by atoms with E-state index in [1.54, 1.807) is 18.2 Å². The van der Waals surface area contributed by atoms with Crippen molar-refractivity contribution in [3.63, 3.8) is 0 Å². The van der Waals surface area contributed by atoms with Crippen LogP contribution in [0.4, 0.5) is 11.4 Å². The average molecular weight is 501 g/mol. The van der Waals surface area contributed by atoms with Crippen LogP contribution in [0.15, 0.2) is 40.9 Å². The Labute approximate surface area is 187 Å². The van der Waals surface area contributed by atoms with E-state index in [-0.39, 0.29) is 15.8 Å². The van der Waals surface area contributed by atoms with E-state index in [0.717, 1.165) is 10.9 Å². The van der Waals surface area contributed by atoms with E-state index in [1.807, 2.05) is 0 Å². The van der Waals surface area contributed by atoms with Crippen LogP contribution in [0.1, 0.15) is 30.6 Å². The van der Waals surface area contributed by atoms with Crippen LogP contribution in [0.25, 0.3) is 0 Å². The van der Waals surface area contributed by atoms with E-state index in [2.05, 4.69) is 40.4 Å². The molecule has 2 rings (SSSR count). The van der Waals surface area contributed by atoms with Crippen molar-refractivity contribution < 1.29 is 14.5 Å². The van der Waals surface area contributed by atoms with Crippen LogP contribution in [0, 0.1) is 16.0 Å². The van der Waals surface area contributed by atoms with Gasteiger partial charge in [0.05, 0.1) is 27.8 Å². The minimum Gasteiger partial charge on any atom is -0.493 e. The van der Waals surface area contributed by atoms with E-state index in [0.29, 0.717) is 29.5 Å². The number of non-ortho nitro benzene ring substituents is 1. The van der Waals surface area contributed by atoms with Gasteiger partial charge in [-0.1, -0.05) is 41.4 Å². The molecule has 0 fully saturated rings. The Morgan fingerprint density at radius 3 is 2.66 bits per heavy atom. The molecule has 0 saturated carbocycles. The Bertz CT molecular complexity index is 940. The highest BCUT2D eigenvalue weighted by atomic mass is 79.9. The molecule has 0 aliphatic rings. The first-order valence-corrected chi connectivity index (χ1v) is 10.2. The molecular weight excluding hydrogens is 482 g/mol. The normalized spacial score (nSPS) is 10.5. The molecule has 0 bridgehead atoms. The van der Waals surface area contributed by atoms with Crippen molar-refractivity contribution in [2.45, 2.75) is 20.3 Å². The molecule has 154 valence electrons. The molecule has 2 aromatic carbocycles. The zero-order valence-corrected chi connectivity index (χ0v) is 18.9. The van der Waals surface area contributed by atoms with Gasteiger partial charge in [0.15, 0.2) is 5.11 Å². The molecule has 2 N–H and O–H groups in total. The first kappa shape index (κ1) is 23.1. The maximum atomic E-state index is 12.7. The van der Waals surface area contributed by atoms with Gasteiger partial charge in [0.1, 0.15) is 5.75 Å². The summed E-state index contributed by atoms with van der Waals surface area (Å²) in [4.78, 5) is 22.9. The number of hydrogen-bond acceptors (Lipinski definition) is 5. The molecular formula is C19H19BrClN3O4S. The highest BCUT2D eigenvalue weighted by Crippen LogP contribution is 2.27. The fourth-order valence-corrected chi connectivity index (χ4v) is 3.04. The Kier molecular flexibility index (Phi) is 8.36. The van der Waals surface area contributed by atoms with Crippen molar-refractivity contribution in [2.75, 3.05) is 11.9 Å². The minimum atomic E-state index is -0.552. The number of nitrogens with one attached hydrogen (secondary N) is 2. The molecule has 7 nitrogen and oxygen atoms in total. The van der Waals surface area contributed by atoms with E-state index in [4.69, 9.17) is 28.6 Å². The van der Waals surface area contributed by atoms with Crippen LogP contribution >= 0.6 is 39.7 Å². The summed E-state index contributed by atoms with van der Waals surface area (Å²) in [6.07, 6.45) is 0.857. The van der Waals surface area contributed by atoms with Crippen LogP contribution in [-0.2, 0) is 0 Å². The molecule has 0 saturated heterocycles. The van der Waals surface area contributed by atoms with Crippen molar-refractivity contribution in [2.24, 2.45) is 5.92 Å². The van der Waals surface area contributed by atoms with Crippen molar-refractivity contribution in [1.29, 1.82) is 0 Å². The second kappa shape index (κ2) is 10.5. The summed E-state index contributed by atoms with van der Waals surface area (Å²) < 4.78 is 6.47. The molecule has 0 aliphatic carbocycles. The van der Waals surface area contributed by atoms with Gasteiger partial charge in [-0.2, -0.15) is 0 Å². The Hall–Kier alpha value is -2.23. The number of amides is 1. The average Bonchev–Trinajstić information content (AvgIpc) is 2.64. The first-order valence-electron chi connectivity index (χ1n) is 8.66. The molecule has 0 aromatic heterocycles. The molecule has 10 heteroatoms. The number of nitro groups is 1. The summed E-state index contributed by atoms with van der Waals surface area (Å²) in [5.74, 6) is 0.467. The van der Waals surface area contributed by atoms with Gasteiger partial charge in [-0.3, -0.25) is 20.2 Å². The Balaban J connectivity index is 2.08. The number of carbonyl (C=O) groups is 1. The predicted molar refractivity (Wildman–Crippen MR) is 121 cm³/mol. The lowest BCUT2D eigenvalue weighted by molar-refractivity contribution is -0.384. The maximum absolute atomic E-state index is 12.7. The topological polar surface area (TPSA) is 93.5 Å². The van der Waals surface area contributed by atoms with Gasteiger partial charge in [-0.15, -0.1) is 0 Å². The molecule has 0 heterocycles. The highest BCUT2D eigenvalue weighted by Gasteiger charge is 2.16. The van der Waals surface area contributed by atoms with E-state index in [1.165, 1.54) is 18.2 Å². The molecule has 2 aromatic rings. The van der Waals surface area contributed by atoms with Crippen LogP contribution in [-0.4, -0.2) is 22.5 Å². The number of halogens is 2. The SMILES string of the molecule is CC(C)CCOc1ccc(Br)cc1C(=O)NC(=S)Nc1ccc([N+](=O)[O-])cc1Cl. The van der Waals surface area contributed by atoms with Crippen LogP contribution < -0.4 is 15.4 Å². The number of thiocarbonyl (C=S) groups is 1. The number of rotatable bonds is 7. The third kappa shape index (κ3) is 6.95. The summed E-state index contributed by atoms with van der Waals surface area (Å²) in [5, 5.41) is 16.2. The number of nitro benzene ring substituents is 1. The monoisotopic (exact) mass is 499 g/mol. The third-order valence-corrected chi connectivity index (χ3v) is 4.79. The van der Waals surface area contributed by atoms with E-state index >= 15 is 0 Å². The van der Waals surface area contributed by atoms with Crippen molar-refractivity contribution >= 4 is 62.1 Å². The summed E-state index contributed by atoms with van der Waals surface area (Å²) in [7, 11) is 0. The number of nitrogens with zero attached hydrogens (tertiary/aromatic N) is 1. The first-order chi connectivity index (χ1) is 13.7. The summed E-state index contributed by atoms with van der Waals surface area (Å²) in [5.41, 5.74) is 0.514. The maximum Gasteiger partial charge on any atom is 0.271 e. The number of benzene rings is 2. The zero-order chi connectivity index (χ0) is 21.6.